The molecule has 1 saturated heterocycles. The topological polar surface area (TPSA) is 109 Å². The number of amides is 2. The quantitative estimate of drug-likeness (QED) is 0.543. The fraction of sp³-hybridized carbons (Fsp3) is 0.458. The maximum absolute atomic E-state index is 13.3. The van der Waals surface area contributed by atoms with Crippen LogP contribution in [0.5, 0.6) is 0 Å². The predicted molar refractivity (Wildman–Crippen MR) is 132 cm³/mol. The van der Waals surface area contributed by atoms with E-state index in [9.17, 15) is 9.59 Å². The zero-order chi connectivity index (χ0) is 24.5. The van der Waals surface area contributed by atoms with Gasteiger partial charge in [0, 0.05) is 36.6 Å². The molecule has 0 unspecified atom stereocenters. The minimum Gasteiger partial charge on any atom is -0.444 e. The lowest BCUT2D eigenvalue weighted by Crippen LogP contribution is -2.54. The van der Waals surface area contributed by atoms with Gasteiger partial charge >= 0.3 is 6.09 Å². The minimum atomic E-state index is -0.539. The van der Waals surface area contributed by atoms with Crippen molar-refractivity contribution in [1.29, 1.82) is 0 Å². The van der Waals surface area contributed by atoms with Crippen molar-refractivity contribution in [2.24, 2.45) is 5.92 Å². The van der Waals surface area contributed by atoms with Gasteiger partial charge in [-0.3, -0.25) is 9.78 Å². The minimum absolute atomic E-state index is 0.117. The second kappa shape index (κ2) is 9.54. The van der Waals surface area contributed by atoms with Crippen molar-refractivity contribution in [1.82, 2.24) is 25.2 Å². The number of ether oxygens (including phenoxy) is 1. The van der Waals surface area contributed by atoms with Gasteiger partial charge in [0.1, 0.15) is 5.60 Å². The van der Waals surface area contributed by atoms with Gasteiger partial charge < -0.3 is 20.3 Å². The molecule has 1 fully saturated rings. The summed E-state index contributed by atoms with van der Waals surface area (Å²) in [5, 5.41) is 6.06. The number of likely N-dealkylation sites (tertiary alicyclic amines) is 1. The molecular formula is C24H30N6O3S. The molecule has 180 valence electrons. The smallest absolute Gasteiger partial charge is 0.407 e. The highest BCUT2D eigenvalue weighted by Crippen LogP contribution is 2.30. The second-order valence-electron chi connectivity index (χ2n) is 9.55. The highest BCUT2D eigenvalue weighted by atomic mass is 32.1. The number of nitrogens with one attached hydrogen (secondary N) is 2. The van der Waals surface area contributed by atoms with Crippen LogP contribution in [0.4, 0.5) is 10.7 Å². The Balaban J connectivity index is 1.44. The van der Waals surface area contributed by atoms with Crippen LogP contribution in [-0.2, 0) is 4.74 Å². The van der Waals surface area contributed by atoms with Crippen LogP contribution in [0, 0.1) is 12.8 Å². The van der Waals surface area contributed by atoms with Crippen molar-refractivity contribution in [2.45, 2.75) is 46.3 Å². The van der Waals surface area contributed by atoms with E-state index in [2.05, 4.69) is 25.6 Å². The molecule has 3 aromatic rings. The highest BCUT2D eigenvalue weighted by Gasteiger charge is 2.34. The molecule has 0 aliphatic carbocycles. The van der Waals surface area contributed by atoms with Crippen LogP contribution in [0.3, 0.4) is 0 Å². The van der Waals surface area contributed by atoms with Crippen molar-refractivity contribution in [3.05, 3.63) is 46.7 Å². The lowest BCUT2D eigenvalue weighted by Gasteiger charge is -2.39. The van der Waals surface area contributed by atoms with Crippen molar-refractivity contribution < 1.29 is 14.3 Å². The van der Waals surface area contributed by atoms with Crippen molar-refractivity contribution >= 4 is 39.5 Å². The molecule has 0 bridgehead atoms. The molecule has 0 saturated carbocycles. The number of pyridine rings is 1. The average molecular weight is 483 g/mol. The molecule has 0 aromatic carbocycles. The van der Waals surface area contributed by atoms with E-state index in [1.165, 1.54) is 11.3 Å². The molecule has 34 heavy (non-hydrogen) atoms. The summed E-state index contributed by atoms with van der Waals surface area (Å²) >= 11 is 1.52. The Bertz CT molecular complexity index is 1180. The Kier molecular flexibility index (Phi) is 6.70. The molecule has 0 radical (unpaired) electrons. The van der Waals surface area contributed by atoms with E-state index < -0.39 is 11.7 Å². The lowest BCUT2D eigenvalue weighted by molar-refractivity contribution is 0.0419. The number of thiophene rings is 1. The molecule has 4 heterocycles. The third-order valence-electron chi connectivity index (χ3n) is 5.35. The van der Waals surface area contributed by atoms with Gasteiger partial charge in [-0.25, -0.2) is 14.8 Å². The van der Waals surface area contributed by atoms with E-state index in [-0.39, 0.29) is 17.9 Å². The maximum atomic E-state index is 13.3. The summed E-state index contributed by atoms with van der Waals surface area (Å²) < 4.78 is 6.06. The number of hydrogen-bond acceptors (Lipinski definition) is 8. The van der Waals surface area contributed by atoms with Crippen LogP contribution >= 0.6 is 11.3 Å². The number of nitrogens with zero attached hydrogens (tertiary/aromatic N) is 4. The van der Waals surface area contributed by atoms with Gasteiger partial charge in [-0.05, 0) is 52.8 Å². The Morgan fingerprint density at radius 3 is 2.71 bits per heavy atom. The second-order valence-corrected chi connectivity index (χ2v) is 10.8. The predicted octanol–water partition coefficient (Wildman–Crippen LogP) is 4.16. The molecule has 2 N–H and O–H groups in total. The first kappa shape index (κ1) is 23.9. The third kappa shape index (κ3) is 5.61. The van der Waals surface area contributed by atoms with Gasteiger partial charge in [0.05, 0.1) is 22.0 Å². The van der Waals surface area contributed by atoms with Crippen LogP contribution in [0.1, 0.15) is 54.8 Å². The molecule has 10 heteroatoms. The first-order valence-electron chi connectivity index (χ1n) is 11.3. The Morgan fingerprint density at radius 2 is 2.03 bits per heavy atom. The maximum Gasteiger partial charge on any atom is 0.407 e. The summed E-state index contributed by atoms with van der Waals surface area (Å²) in [5.74, 6) is 0.451. The van der Waals surface area contributed by atoms with E-state index in [4.69, 9.17) is 4.74 Å². The monoisotopic (exact) mass is 482 g/mol. The summed E-state index contributed by atoms with van der Waals surface area (Å²) in [5.41, 5.74) is 1.48. The number of alkyl carbamates (subject to hydrolysis) is 1. The number of fused-ring (bicyclic) bond motifs is 1. The number of rotatable bonds is 6. The molecule has 2 amide bonds. The first-order valence-corrected chi connectivity index (χ1v) is 12.1. The van der Waals surface area contributed by atoms with Crippen LogP contribution in [-0.4, -0.2) is 57.1 Å². The van der Waals surface area contributed by atoms with Crippen LogP contribution in [0.25, 0.3) is 10.2 Å². The molecule has 1 atom stereocenters. The summed E-state index contributed by atoms with van der Waals surface area (Å²) in [7, 11) is 0. The number of aromatic nitrogens is 3. The van der Waals surface area contributed by atoms with Crippen LogP contribution in [0.2, 0.25) is 0 Å². The highest BCUT2D eigenvalue weighted by molar-refractivity contribution is 7.19. The van der Waals surface area contributed by atoms with Crippen molar-refractivity contribution in [2.75, 3.05) is 25.0 Å². The van der Waals surface area contributed by atoms with E-state index in [1.807, 2.05) is 58.9 Å². The number of hydrogen-bond donors (Lipinski definition) is 2. The normalized spacial score (nSPS) is 15.0. The van der Waals surface area contributed by atoms with Crippen molar-refractivity contribution in [3.8, 4) is 0 Å². The van der Waals surface area contributed by atoms with E-state index in [1.54, 1.807) is 11.1 Å². The average Bonchev–Trinajstić information content (AvgIpc) is 3.11. The summed E-state index contributed by atoms with van der Waals surface area (Å²) in [6.45, 7) is 11.0. The van der Waals surface area contributed by atoms with Crippen LogP contribution in [0.15, 0.2) is 30.5 Å². The van der Waals surface area contributed by atoms with Gasteiger partial charge in [0.2, 0.25) is 5.95 Å². The molecule has 1 aliphatic heterocycles. The fourth-order valence-corrected chi connectivity index (χ4v) is 4.65. The molecule has 9 nitrogen and oxygen atoms in total. The zero-order valence-electron chi connectivity index (χ0n) is 20.1. The van der Waals surface area contributed by atoms with Crippen molar-refractivity contribution in [3.63, 3.8) is 0 Å². The van der Waals surface area contributed by atoms with Crippen LogP contribution < -0.4 is 10.6 Å². The Morgan fingerprint density at radius 1 is 1.26 bits per heavy atom. The largest absolute Gasteiger partial charge is 0.444 e. The molecule has 1 aliphatic rings. The first-order chi connectivity index (χ1) is 16.1. The Labute approximate surface area is 203 Å². The molecule has 4 rings (SSSR count). The number of aryl methyl sites for hydroxylation is 1. The van der Waals surface area contributed by atoms with E-state index in [0.717, 1.165) is 20.8 Å². The van der Waals surface area contributed by atoms with Gasteiger partial charge in [0.15, 0.2) is 5.69 Å². The SMILES string of the molecule is Cc1cc2nc(N[C@@H](C)c3ccccn3)nc(C(=O)N3CC(CNC(=O)OC(C)(C)C)C3)c2s1. The molecular weight excluding hydrogens is 452 g/mol. The fourth-order valence-electron chi connectivity index (χ4n) is 3.71. The Hall–Kier alpha value is -3.27. The summed E-state index contributed by atoms with van der Waals surface area (Å²) in [6.07, 6.45) is 1.30. The lowest BCUT2D eigenvalue weighted by atomic mass is 9.99. The summed E-state index contributed by atoms with van der Waals surface area (Å²) in [6, 6.07) is 7.59. The number of anilines is 1. The van der Waals surface area contributed by atoms with Gasteiger partial charge in [-0.1, -0.05) is 6.07 Å². The molecule has 3 aromatic heterocycles. The van der Waals surface area contributed by atoms with E-state index in [0.29, 0.717) is 31.3 Å². The van der Waals surface area contributed by atoms with Gasteiger partial charge in [0.25, 0.3) is 5.91 Å². The standard InChI is InChI=1S/C24H30N6O3S/c1-14-10-18-20(34-14)19(29-22(28-18)27-15(2)17-8-6-7-9-25-17)21(31)30-12-16(13-30)11-26-23(32)33-24(3,4)5/h6-10,15-16H,11-13H2,1-5H3,(H,26,32)(H,27,28,29)/t15-/m0/s1. The summed E-state index contributed by atoms with van der Waals surface area (Å²) in [4.78, 5) is 41.6. The van der Waals surface area contributed by atoms with Gasteiger partial charge in [-0.2, -0.15) is 0 Å². The van der Waals surface area contributed by atoms with Gasteiger partial charge in [-0.15, -0.1) is 11.3 Å². The zero-order valence-corrected chi connectivity index (χ0v) is 20.9. The van der Waals surface area contributed by atoms with E-state index >= 15 is 0 Å². The number of carbonyl (C=O) groups is 2. The number of carbonyl (C=O) groups excluding carboxylic acids is 2. The molecule has 0 spiro atoms. The third-order valence-corrected chi connectivity index (χ3v) is 6.40.